The zero-order valence-electron chi connectivity index (χ0n) is 10.9. The van der Waals surface area contributed by atoms with Crippen LogP contribution in [-0.2, 0) is 19.6 Å². The van der Waals surface area contributed by atoms with Crippen molar-refractivity contribution in [2.24, 2.45) is 0 Å². The van der Waals surface area contributed by atoms with Crippen LogP contribution in [0.3, 0.4) is 0 Å². The molecule has 1 N–H and O–H groups in total. The number of aryl methyl sites for hydroxylation is 1. The number of hydrogen-bond acceptors (Lipinski definition) is 5. The second-order valence-electron chi connectivity index (χ2n) is 4.03. The fourth-order valence-corrected chi connectivity index (χ4v) is 1.85. The molecule has 0 fully saturated rings. The van der Waals surface area contributed by atoms with E-state index in [1.807, 2.05) is 26.1 Å². The first kappa shape index (κ1) is 13.8. The molecule has 0 radical (unpaired) electrons. The highest BCUT2D eigenvalue weighted by Gasteiger charge is 2.08. The molecule has 1 heterocycles. The maximum Gasteiger partial charge on any atom is 0.226 e. The van der Waals surface area contributed by atoms with Crippen LogP contribution in [0.15, 0.2) is 22.7 Å². The summed E-state index contributed by atoms with van der Waals surface area (Å²) in [5.41, 5.74) is 0.995. The van der Waals surface area contributed by atoms with Gasteiger partial charge in [0.05, 0.1) is 0 Å². The van der Waals surface area contributed by atoms with Gasteiger partial charge < -0.3 is 14.6 Å². The summed E-state index contributed by atoms with van der Waals surface area (Å²) in [5.74, 6) is 1.92. The molecular weight excluding hydrogens is 266 g/mol. The van der Waals surface area contributed by atoms with E-state index >= 15 is 0 Å². The Labute approximate surface area is 116 Å². The van der Waals surface area contributed by atoms with E-state index < -0.39 is 0 Å². The summed E-state index contributed by atoms with van der Waals surface area (Å²) in [4.78, 5) is 4.19. The largest absolute Gasteiger partial charge is 0.485 e. The number of hydrogen-bond donors (Lipinski definition) is 1. The minimum atomic E-state index is 0.280. The molecule has 0 spiro atoms. The number of nitrogens with zero attached hydrogens (tertiary/aromatic N) is 2. The van der Waals surface area contributed by atoms with Crippen molar-refractivity contribution < 1.29 is 9.26 Å². The molecule has 102 valence electrons. The van der Waals surface area contributed by atoms with E-state index in [1.165, 1.54) is 0 Å². The molecule has 19 heavy (non-hydrogen) atoms. The van der Waals surface area contributed by atoms with E-state index in [0.717, 1.165) is 17.7 Å². The summed E-state index contributed by atoms with van der Waals surface area (Å²) in [7, 11) is 1.87. The first-order chi connectivity index (χ1) is 9.22. The van der Waals surface area contributed by atoms with Crippen molar-refractivity contribution in [3.63, 3.8) is 0 Å². The van der Waals surface area contributed by atoms with Gasteiger partial charge in [-0.15, -0.1) is 0 Å². The SMILES string of the molecule is CCc1nc(COc2ccc(Cl)cc2CNC)no1. The zero-order valence-corrected chi connectivity index (χ0v) is 11.7. The topological polar surface area (TPSA) is 60.2 Å². The quantitative estimate of drug-likeness (QED) is 0.882. The summed E-state index contributed by atoms with van der Waals surface area (Å²) >= 11 is 5.97. The van der Waals surface area contributed by atoms with Crippen LogP contribution in [0.25, 0.3) is 0 Å². The van der Waals surface area contributed by atoms with Crippen LogP contribution in [0.4, 0.5) is 0 Å². The van der Waals surface area contributed by atoms with Gasteiger partial charge >= 0.3 is 0 Å². The van der Waals surface area contributed by atoms with Gasteiger partial charge in [-0.1, -0.05) is 23.7 Å². The molecule has 0 aliphatic carbocycles. The second-order valence-corrected chi connectivity index (χ2v) is 4.47. The lowest BCUT2D eigenvalue weighted by Gasteiger charge is -2.10. The predicted octanol–water partition coefficient (Wildman–Crippen LogP) is 2.58. The van der Waals surface area contributed by atoms with Gasteiger partial charge in [-0.3, -0.25) is 0 Å². The molecule has 1 aromatic heterocycles. The highest BCUT2D eigenvalue weighted by atomic mass is 35.5. The molecule has 0 unspecified atom stereocenters. The van der Waals surface area contributed by atoms with E-state index in [9.17, 15) is 0 Å². The molecule has 0 atom stereocenters. The number of nitrogens with one attached hydrogen (secondary N) is 1. The first-order valence-electron chi connectivity index (χ1n) is 6.10. The Kier molecular flexibility index (Phi) is 4.76. The summed E-state index contributed by atoms with van der Waals surface area (Å²) in [5, 5.41) is 7.60. The van der Waals surface area contributed by atoms with Crippen molar-refractivity contribution in [3.05, 3.63) is 40.5 Å². The van der Waals surface area contributed by atoms with Crippen molar-refractivity contribution in [3.8, 4) is 5.75 Å². The third-order valence-electron chi connectivity index (χ3n) is 2.56. The Hall–Kier alpha value is -1.59. The van der Waals surface area contributed by atoms with Crippen molar-refractivity contribution in [1.29, 1.82) is 0 Å². The molecule has 0 aliphatic rings. The number of benzene rings is 1. The lowest BCUT2D eigenvalue weighted by Crippen LogP contribution is -2.08. The lowest BCUT2D eigenvalue weighted by atomic mass is 10.2. The van der Waals surface area contributed by atoms with Gasteiger partial charge in [0.15, 0.2) is 6.61 Å². The second kappa shape index (κ2) is 6.54. The molecular formula is C13H16ClN3O2. The summed E-state index contributed by atoms with van der Waals surface area (Å²) in [6, 6.07) is 5.51. The standard InChI is InChI=1S/C13H16ClN3O2/c1-3-13-16-12(17-19-13)8-18-11-5-4-10(14)6-9(11)7-15-2/h4-6,15H,3,7-8H2,1-2H3. The van der Waals surface area contributed by atoms with Crippen LogP contribution in [0.1, 0.15) is 24.2 Å². The maximum atomic E-state index is 5.97. The van der Waals surface area contributed by atoms with Crippen LogP contribution in [0, 0.1) is 0 Å². The van der Waals surface area contributed by atoms with Crippen LogP contribution in [-0.4, -0.2) is 17.2 Å². The third kappa shape index (κ3) is 3.68. The number of halogens is 1. The van der Waals surface area contributed by atoms with Gasteiger partial charge in [0.2, 0.25) is 11.7 Å². The molecule has 2 rings (SSSR count). The van der Waals surface area contributed by atoms with E-state index in [4.69, 9.17) is 20.9 Å². The van der Waals surface area contributed by atoms with Gasteiger partial charge in [-0.2, -0.15) is 4.98 Å². The van der Waals surface area contributed by atoms with Crippen molar-refractivity contribution in [1.82, 2.24) is 15.5 Å². The molecule has 0 amide bonds. The van der Waals surface area contributed by atoms with Crippen molar-refractivity contribution in [2.45, 2.75) is 26.5 Å². The Bertz CT molecular complexity index is 542. The number of rotatable bonds is 6. The number of aromatic nitrogens is 2. The summed E-state index contributed by atoms with van der Waals surface area (Å²) in [6.07, 6.45) is 0.721. The van der Waals surface area contributed by atoms with Crippen LogP contribution < -0.4 is 10.1 Å². The lowest BCUT2D eigenvalue weighted by molar-refractivity contribution is 0.282. The highest BCUT2D eigenvalue weighted by molar-refractivity contribution is 6.30. The van der Waals surface area contributed by atoms with E-state index in [0.29, 0.717) is 23.3 Å². The first-order valence-corrected chi connectivity index (χ1v) is 6.48. The van der Waals surface area contributed by atoms with Gasteiger partial charge in [0.1, 0.15) is 5.75 Å². The number of ether oxygens (including phenoxy) is 1. The molecule has 0 saturated heterocycles. The minimum absolute atomic E-state index is 0.280. The van der Waals surface area contributed by atoms with Crippen LogP contribution in [0.5, 0.6) is 5.75 Å². The summed E-state index contributed by atoms with van der Waals surface area (Å²) < 4.78 is 10.7. The van der Waals surface area contributed by atoms with Gasteiger partial charge in [0.25, 0.3) is 0 Å². The van der Waals surface area contributed by atoms with Gasteiger partial charge in [0, 0.05) is 23.6 Å². The Morgan fingerprint density at radius 1 is 1.42 bits per heavy atom. The Morgan fingerprint density at radius 2 is 2.26 bits per heavy atom. The fourth-order valence-electron chi connectivity index (χ4n) is 1.65. The molecule has 1 aromatic carbocycles. The Morgan fingerprint density at radius 3 is 2.95 bits per heavy atom. The molecule has 0 aliphatic heterocycles. The molecule has 2 aromatic rings. The molecule has 0 bridgehead atoms. The smallest absolute Gasteiger partial charge is 0.226 e. The van der Waals surface area contributed by atoms with E-state index in [-0.39, 0.29) is 6.61 Å². The third-order valence-corrected chi connectivity index (χ3v) is 2.79. The molecule has 0 saturated carbocycles. The minimum Gasteiger partial charge on any atom is -0.485 e. The van der Waals surface area contributed by atoms with E-state index in [1.54, 1.807) is 6.07 Å². The monoisotopic (exact) mass is 281 g/mol. The Balaban J connectivity index is 2.05. The van der Waals surface area contributed by atoms with Gasteiger partial charge in [-0.05, 0) is 25.2 Å². The normalized spacial score (nSPS) is 10.7. The van der Waals surface area contributed by atoms with Crippen molar-refractivity contribution in [2.75, 3.05) is 7.05 Å². The van der Waals surface area contributed by atoms with Crippen LogP contribution >= 0.6 is 11.6 Å². The molecule has 6 heteroatoms. The summed E-state index contributed by atoms with van der Waals surface area (Å²) in [6.45, 7) is 2.92. The van der Waals surface area contributed by atoms with Gasteiger partial charge in [-0.25, -0.2) is 0 Å². The fraction of sp³-hybridized carbons (Fsp3) is 0.385. The van der Waals surface area contributed by atoms with E-state index in [2.05, 4.69) is 15.5 Å². The highest BCUT2D eigenvalue weighted by Crippen LogP contribution is 2.23. The van der Waals surface area contributed by atoms with Crippen LogP contribution in [0.2, 0.25) is 5.02 Å². The predicted molar refractivity (Wildman–Crippen MR) is 72.2 cm³/mol. The maximum absolute atomic E-state index is 5.97. The zero-order chi connectivity index (χ0) is 13.7. The van der Waals surface area contributed by atoms with Crippen molar-refractivity contribution >= 4 is 11.6 Å². The molecule has 5 nitrogen and oxygen atoms in total. The average molecular weight is 282 g/mol. The average Bonchev–Trinajstić information content (AvgIpc) is 2.86.